The summed E-state index contributed by atoms with van der Waals surface area (Å²) in [5.41, 5.74) is 1.27. The monoisotopic (exact) mass is 647 g/mol. The number of methoxy groups -OCH3 is 1. The van der Waals surface area contributed by atoms with Crippen molar-refractivity contribution in [1.29, 1.82) is 0 Å². The summed E-state index contributed by atoms with van der Waals surface area (Å²) in [4.78, 5) is 63.6. The lowest BCUT2D eigenvalue weighted by atomic mass is 9.93. The minimum atomic E-state index is -0.888. The molecule has 45 heavy (non-hydrogen) atoms. The summed E-state index contributed by atoms with van der Waals surface area (Å²) in [6.45, 7) is 5.50. The summed E-state index contributed by atoms with van der Waals surface area (Å²) in [7, 11) is 1.51. The molecule has 1 aliphatic heterocycles. The van der Waals surface area contributed by atoms with Crippen LogP contribution >= 0.6 is 23.1 Å². The first-order valence-corrected chi connectivity index (χ1v) is 15.7. The number of hydrogen-bond acceptors (Lipinski definition) is 11. The van der Waals surface area contributed by atoms with Gasteiger partial charge in [0.2, 0.25) is 0 Å². The first-order valence-electron chi connectivity index (χ1n) is 14.0. The molecule has 0 bridgehead atoms. The molecule has 3 heterocycles. The molecule has 2 aromatic heterocycles. The Labute approximate surface area is 264 Å². The van der Waals surface area contributed by atoms with Crippen LogP contribution < -0.4 is 25.2 Å². The number of H-pyrrole nitrogens is 1. The van der Waals surface area contributed by atoms with E-state index in [-0.39, 0.29) is 28.0 Å². The van der Waals surface area contributed by atoms with Crippen LogP contribution in [-0.2, 0) is 9.53 Å². The molecule has 4 aromatic rings. The van der Waals surface area contributed by atoms with Crippen molar-refractivity contribution in [2.45, 2.75) is 49.7 Å². The molecule has 232 valence electrons. The third-order valence-corrected chi connectivity index (χ3v) is 8.83. The summed E-state index contributed by atoms with van der Waals surface area (Å²) in [6.07, 6.45) is 2.72. The maximum atomic E-state index is 14.2. The molecule has 1 aliphatic rings. The van der Waals surface area contributed by atoms with E-state index in [4.69, 9.17) is 14.5 Å². The number of nitrogens with one attached hydrogen (secondary N) is 1. The molecule has 0 amide bonds. The van der Waals surface area contributed by atoms with Gasteiger partial charge in [-0.3, -0.25) is 24.3 Å². The normalized spacial score (nSPS) is 14.6. The Balaban J connectivity index is 1.76. The zero-order valence-electron chi connectivity index (χ0n) is 24.9. The average Bonchev–Trinajstić information content (AvgIpc) is 3.31. The molecule has 0 spiro atoms. The molecule has 0 radical (unpaired) electrons. The van der Waals surface area contributed by atoms with Crippen molar-refractivity contribution < 1.29 is 19.2 Å². The second-order valence-corrected chi connectivity index (χ2v) is 12.0. The van der Waals surface area contributed by atoms with E-state index in [2.05, 4.69) is 9.97 Å². The van der Waals surface area contributed by atoms with Gasteiger partial charge in [-0.15, -0.1) is 0 Å². The van der Waals surface area contributed by atoms with Crippen molar-refractivity contribution in [2.75, 3.05) is 13.7 Å². The molecule has 5 rings (SSSR count). The number of aryl methyl sites for hydroxylation is 1. The second-order valence-electron chi connectivity index (χ2n) is 9.93. The summed E-state index contributed by atoms with van der Waals surface area (Å²) in [5, 5.41) is 12.0. The van der Waals surface area contributed by atoms with Gasteiger partial charge in [0, 0.05) is 34.4 Å². The van der Waals surface area contributed by atoms with E-state index >= 15 is 0 Å². The zero-order valence-corrected chi connectivity index (χ0v) is 26.5. The molecular formula is C31H29N5O7S2. The number of nitrogens with zero attached hydrogens (tertiary/aromatic N) is 4. The average molecular weight is 648 g/mol. The molecule has 0 saturated heterocycles. The van der Waals surface area contributed by atoms with Crippen molar-refractivity contribution >= 4 is 40.8 Å². The maximum Gasteiger partial charge on any atom is 0.338 e. The van der Waals surface area contributed by atoms with Crippen molar-refractivity contribution in [3.63, 3.8) is 0 Å². The highest BCUT2D eigenvalue weighted by Crippen LogP contribution is 2.37. The maximum absolute atomic E-state index is 14.2. The van der Waals surface area contributed by atoms with Crippen molar-refractivity contribution in [1.82, 2.24) is 14.5 Å². The molecule has 0 unspecified atom stereocenters. The number of esters is 1. The summed E-state index contributed by atoms with van der Waals surface area (Å²) < 4.78 is 12.8. The van der Waals surface area contributed by atoms with Gasteiger partial charge in [0.25, 0.3) is 16.8 Å². The lowest BCUT2D eigenvalue weighted by Crippen LogP contribution is -2.40. The first-order chi connectivity index (χ1) is 21.6. The van der Waals surface area contributed by atoms with Crippen LogP contribution in [0.3, 0.4) is 0 Å². The topological polar surface area (TPSA) is 159 Å². The Morgan fingerprint density at radius 2 is 1.98 bits per heavy atom. The Kier molecular flexibility index (Phi) is 9.44. The van der Waals surface area contributed by atoms with Gasteiger partial charge in [-0.1, -0.05) is 54.6 Å². The number of carbonyl (C=O) groups is 1. The van der Waals surface area contributed by atoms with Gasteiger partial charge in [0.15, 0.2) is 9.96 Å². The fourth-order valence-electron chi connectivity index (χ4n) is 5.01. The van der Waals surface area contributed by atoms with Crippen molar-refractivity contribution in [3.05, 3.63) is 117 Å². The predicted molar refractivity (Wildman–Crippen MR) is 169 cm³/mol. The van der Waals surface area contributed by atoms with Crippen LogP contribution in [0.2, 0.25) is 0 Å². The van der Waals surface area contributed by atoms with Crippen molar-refractivity contribution in [2.24, 2.45) is 4.99 Å². The number of allylic oxidation sites excluding steroid dienone is 1. The molecule has 12 nitrogen and oxygen atoms in total. The fraction of sp³-hybridized carbons (Fsp3) is 0.258. The summed E-state index contributed by atoms with van der Waals surface area (Å²) >= 11 is 2.22. The Morgan fingerprint density at radius 3 is 2.67 bits per heavy atom. The first kappa shape index (κ1) is 31.6. The van der Waals surface area contributed by atoms with Crippen LogP contribution in [0.15, 0.2) is 84.4 Å². The largest absolute Gasteiger partial charge is 0.496 e. The molecule has 1 atom stereocenters. The molecule has 0 aliphatic carbocycles. The zero-order chi connectivity index (χ0) is 32.2. The van der Waals surface area contributed by atoms with Gasteiger partial charge in [-0.25, -0.2) is 14.8 Å². The number of rotatable bonds is 10. The second kappa shape index (κ2) is 13.4. The van der Waals surface area contributed by atoms with E-state index in [9.17, 15) is 24.5 Å². The van der Waals surface area contributed by atoms with Crippen LogP contribution in [-0.4, -0.2) is 39.1 Å². The lowest BCUT2D eigenvalue weighted by Gasteiger charge is -2.26. The molecular weight excluding hydrogens is 619 g/mol. The molecule has 1 N–H and O–H groups in total. The van der Waals surface area contributed by atoms with Crippen LogP contribution in [0.25, 0.3) is 6.08 Å². The molecule has 0 fully saturated rings. The summed E-state index contributed by atoms with van der Waals surface area (Å²) in [6, 6.07) is 11.9. The highest BCUT2D eigenvalue weighted by Gasteiger charge is 2.35. The Morgan fingerprint density at radius 1 is 1.20 bits per heavy atom. The molecule has 14 heteroatoms. The van der Waals surface area contributed by atoms with Crippen LogP contribution in [0.1, 0.15) is 49.6 Å². The number of non-ortho nitro benzene ring substituents is 1. The van der Waals surface area contributed by atoms with Crippen LogP contribution in [0.5, 0.6) is 5.75 Å². The molecule has 2 aromatic carbocycles. The number of nitro benzene ring substituents is 1. The predicted octanol–water partition coefficient (Wildman–Crippen LogP) is 4.04. The number of benzene rings is 2. The van der Waals surface area contributed by atoms with Gasteiger partial charge in [0.05, 0.1) is 34.4 Å². The van der Waals surface area contributed by atoms with Gasteiger partial charge < -0.3 is 14.5 Å². The van der Waals surface area contributed by atoms with Crippen LogP contribution in [0, 0.1) is 17.0 Å². The number of aromatic nitrogens is 3. The number of nitro groups is 1. The minimum absolute atomic E-state index is 0.138. The third kappa shape index (κ3) is 6.51. The number of para-hydroxylation sites is 1. The van der Waals surface area contributed by atoms with Gasteiger partial charge in [-0.05, 0) is 44.0 Å². The number of aromatic amines is 1. The minimum Gasteiger partial charge on any atom is -0.496 e. The number of ether oxygens (including phenoxy) is 2. The number of thiazole rings is 1. The quantitative estimate of drug-likeness (QED) is 0.116. The number of fused-ring (bicyclic) bond motifs is 1. The van der Waals surface area contributed by atoms with E-state index in [0.717, 1.165) is 23.1 Å². The number of hydrogen-bond donors (Lipinski definition) is 1. The SMILES string of the molecule is CCCC1=C(C(=O)OCC)[C@@H](c2ccccc2OC)n2c(s/c(=C/c3cc([N+](=O)[O-])ccc3Sc3nc(C)cc(=O)[nH]3)c2=O)=N1. The highest BCUT2D eigenvalue weighted by atomic mass is 32.2. The van der Waals surface area contributed by atoms with Gasteiger partial charge in [-0.2, -0.15) is 0 Å². The van der Waals surface area contributed by atoms with Crippen molar-refractivity contribution in [3.8, 4) is 5.75 Å². The number of carbonyl (C=O) groups excluding carboxylic acids is 1. The lowest BCUT2D eigenvalue weighted by molar-refractivity contribution is -0.384. The van der Waals surface area contributed by atoms with Crippen LogP contribution in [0.4, 0.5) is 5.69 Å². The van der Waals surface area contributed by atoms with Gasteiger partial charge >= 0.3 is 5.97 Å². The van der Waals surface area contributed by atoms with E-state index in [1.807, 2.05) is 6.92 Å². The standard InChI is InChI=1S/C31H29N5O7S2/c1-5-9-21-26(29(39)43-6-2)27(20-10-7-8-11-22(20)42-4)35-28(38)24(45-31(35)33-21)16-18-15-19(36(40)41)12-13-23(18)44-30-32-17(3)14-25(37)34-30/h7-8,10-16,27H,5-6,9H2,1-4H3,(H,32,34,37)/b24-16+/t27-/m1/s1. The Hall–Kier alpha value is -4.82. The Bertz CT molecular complexity index is 2080. The van der Waals surface area contributed by atoms with E-state index in [1.54, 1.807) is 50.3 Å². The van der Waals surface area contributed by atoms with E-state index < -0.39 is 22.5 Å². The highest BCUT2D eigenvalue weighted by molar-refractivity contribution is 7.99. The summed E-state index contributed by atoms with van der Waals surface area (Å²) in [5.74, 6) is -0.0967. The van der Waals surface area contributed by atoms with E-state index in [1.165, 1.54) is 29.9 Å². The van der Waals surface area contributed by atoms with Gasteiger partial charge in [0.1, 0.15) is 11.8 Å². The fourth-order valence-corrected chi connectivity index (χ4v) is 6.94. The third-order valence-electron chi connectivity index (χ3n) is 6.87. The smallest absolute Gasteiger partial charge is 0.338 e. The van der Waals surface area contributed by atoms with E-state index in [0.29, 0.717) is 56.0 Å². The molecule has 0 saturated carbocycles.